The van der Waals surface area contributed by atoms with Gasteiger partial charge in [-0.25, -0.2) is 4.98 Å². The summed E-state index contributed by atoms with van der Waals surface area (Å²) in [5.74, 6) is 2.14. The molecule has 8 nitrogen and oxygen atoms in total. The molecule has 0 unspecified atom stereocenters. The molecule has 0 spiro atoms. The quantitative estimate of drug-likeness (QED) is 0.641. The third-order valence-corrected chi connectivity index (χ3v) is 3.77. The number of rotatable bonds is 8. The Balaban J connectivity index is 1.84. The Morgan fingerprint density at radius 2 is 1.69 bits per heavy atom. The lowest BCUT2D eigenvalue weighted by Crippen LogP contribution is -2.25. The van der Waals surface area contributed by atoms with E-state index in [9.17, 15) is 0 Å². The molecule has 2 heterocycles. The molecule has 134 valence electrons. The van der Waals surface area contributed by atoms with E-state index in [0.717, 1.165) is 18.7 Å². The molecular weight excluding hydrogens is 328 g/mol. The van der Waals surface area contributed by atoms with E-state index in [2.05, 4.69) is 66.4 Å². The smallest absolute Gasteiger partial charge is 0.235 e. The first-order valence-electron chi connectivity index (χ1n) is 8.60. The van der Waals surface area contributed by atoms with Gasteiger partial charge in [0, 0.05) is 32.0 Å². The average molecular weight is 350 g/mol. The van der Waals surface area contributed by atoms with Gasteiger partial charge in [-0.3, -0.25) is 4.98 Å². The predicted octanol–water partition coefficient (Wildman–Crippen LogP) is 2.86. The Labute approximate surface area is 152 Å². The fourth-order valence-electron chi connectivity index (χ4n) is 2.40. The Bertz CT molecular complexity index is 806. The highest BCUT2D eigenvalue weighted by atomic mass is 15.3. The van der Waals surface area contributed by atoms with Crippen molar-refractivity contribution in [2.75, 3.05) is 28.6 Å². The number of anilines is 4. The molecule has 26 heavy (non-hydrogen) atoms. The zero-order chi connectivity index (χ0) is 18.2. The van der Waals surface area contributed by atoms with E-state index in [0.29, 0.717) is 30.2 Å². The van der Waals surface area contributed by atoms with Crippen LogP contribution in [0.4, 0.5) is 23.7 Å². The molecule has 0 aliphatic carbocycles. The largest absolute Gasteiger partial charge is 0.350 e. The third kappa shape index (κ3) is 4.62. The summed E-state index contributed by atoms with van der Waals surface area (Å²) in [6, 6.07) is 10.1. The van der Waals surface area contributed by atoms with Crippen LogP contribution in [0.5, 0.6) is 0 Å². The van der Waals surface area contributed by atoms with Crippen LogP contribution in [0.25, 0.3) is 0 Å². The molecule has 0 saturated carbocycles. The van der Waals surface area contributed by atoms with E-state index < -0.39 is 0 Å². The molecule has 2 N–H and O–H groups in total. The van der Waals surface area contributed by atoms with Crippen molar-refractivity contribution in [3.05, 3.63) is 54.5 Å². The summed E-state index contributed by atoms with van der Waals surface area (Å²) in [5, 5.41) is 6.35. The molecule has 0 bridgehead atoms. The maximum Gasteiger partial charge on any atom is 0.235 e. The van der Waals surface area contributed by atoms with Gasteiger partial charge in [0.05, 0.1) is 6.20 Å². The van der Waals surface area contributed by atoms with Gasteiger partial charge < -0.3 is 15.5 Å². The first kappa shape index (κ1) is 17.5. The van der Waals surface area contributed by atoms with Gasteiger partial charge in [-0.1, -0.05) is 30.3 Å². The molecule has 2 aromatic heterocycles. The van der Waals surface area contributed by atoms with Crippen molar-refractivity contribution in [3.63, 3.8) is 0 Å². The van der Waals surface area contributed by atoms with Crippen LogP contribution in [-0.4, -0.2) is 38.0 Å². The van der Waals surface area contributed by atoms with Crippen molar-refractivity contribution < 1.29 is 0 Å². The third-order valence-electron chi connectivity index (χ3n) is 3.77. The van der Waals surface area contributed by atoms with E-state index in [-0.39, 0.29) is 0 Å². The van der Waals surface area contributed by atoms with Crippen LogP contribution in [0, 0.1) is 0 Å². The first-order valence-corrected chi connectivity index (χ1v) is 8.60. The Morgan fingerprint density at radius 3 is 2.38 bits per heavy atom. The molecule has 0 amide bonds. The molecule has 0 saturated heterocycles. The maximum atomic E-state index is 4.55. The predicted molar refractivity (Wildman–Crippen MR) is 102 cm³/mol. The van der Waals surface area contributed by atoms with Gasteiger partial charge in [0.2, 0.25) is 17.8 Å². The highest BCUT2D eigenvalue weighted by molar-refractivity contribution is 5.51. The Hall–Kier alpha value is -3.29. The maximum absolute atomic E-state index is 4.55. The molecule has 8 heteroatoms. The minimum Gasteiger partial charge on any atom is -0.350 e. The van der Waals surface area contributed by atoms with E-state index in [1.165, 1.54) is 0 Å². The van der Waals surface area contributed by atoms with Crippen molar-refractivity contribution in [2.24, 2.45) is 0 Å². The molecule has 1 aromatic carbocycles. The lowest BCUT2D eigenvalue weighted by atomic mass is 10.2. The summed E-state index contributed by atoms with van der Waals surface area (Å²) < 4.78 is 0. The summed E-state index contributed by atoms with van der Waals surface area (Å²) in [5.41, 5.74) is 1.15. The van der Waals surface area contributed by atoms with Crippen LogP contribution < -0.4 is 15.5 Å². The Morgan fingerprint density at radius 1 is 0.923 bits per heavy atom. The highest BCUT2D eigenvalue weighted by Crippen LogP contribution is 2.16. The monoisotopic (exact) mass is 350 g/mol. The molecule has 0 radical (unpaired) electrons. The standard InChI is InChI=1S/C18H22N8/c1-3-26(4-2)18-24-16(21-12-14-8-6-5-7-9-14)23-17(25-18)22-15-13-19-10-11-20-15/h5-11,13H,3-4,12H2,1-2H3,(H2,20,21,22,23,24,25). The minimum absolute atomic E-state index is 0.429. The van der Waals surface area contributed by atoms with Gasteiger partial charge in [0.25, 0.3) is 0 Å². The van der Waals surface area contributed by atoms with Crippen molar-refractivity contribution >= 4 is 23.7 Å². The second-order valence-electron chi connectivity index (χ2n) is 5.51. The van der Waals surface area contributed by atoms with Crippen LogP contribution in [0.15, 0.2) is 48.9 Å². The number of benzene rings is 1. The zero-order valence-corrected chi connectivity index (χ0v) is 14.9. The van der Waals surface area contributed by atoms with Crippen molar-refractivity contribution in [1.82, 2.24) is 24.9 Å². The topological polar surface area (TPSA) is 91.8 Å². The summed E-state index contributed by atoms with van der Waals surface area (Å²) >= 11 is 0. The normalized spacial score (nSPS) is 10.4. The fraction of sp³-hybridized carbons (Fsp3) is 0.278. The average Bonchev–Trinajstić information content (AvgIpc) is 2.69. The number of aromatic nitrogens is 5. The van der Waals surface area contributed by atoms with Gasteiger partial charge in [0.15, 0.2) is 5.82 Å². The van der Waals surface area contributed by atoms with Gasteiger partial charge in [-0.2, -0.15) is 15.0 Å². The van der Waals surface area contributed by atoms with Gasteiger partial charge in [-0.15, -0.1) is 0 Å². The Kier molecular flexibility index (Phi) is 5.87. The van der Waals surface area contributed by atoms with Crippen LogP contribution in [0.2, 0.25) is 0 Å². The second-order valence-corrected chi connectivity index (χ2v) is 5.51. The minimum atomic E-state index is 0.429. The lowest BCUT2D eigenvalue weighted by Gasteiger charge is -2.19. The van der Waals surface area contributed by atoms with Crippen LogP contribution in [-0.2, 0) is 6.54 Å². The van der Waals surface area contributed by atoms with Gasteiger partial charge in [0.1, 0.15) is 0 Å². The van der Waals surface area contributed by atoms with Gasteiger partial charge in [-0.05, 0) is 19.4 Å². The summed E-state index contributed by atoms with van der Waals surface area (Å²) in [6.07, 6.45) is 4.86. The first-order chi connectivity index (χ1) is 12.8. The van der Waals surface area contributed by atoms with Crippen molar-refractivity contribution in [3.8, 4) is 0 Å². The van der Waals surface area contributed by atoms with E-state index in [1.807, 2.05) is 18.2 Å². The fourth-order valence-corrected chi connectivity index (χ4v) is 2.40. The zero-order valence-electron chi connectivity index (χ0n) is 14.9. The van der Waals surface area contributed by atoms with Crippen LogP contribution in [0.1, 0.15) is 19.4 Å². The van der Waals surface area contributed by atoms with Crippen molar-refractivity contribution in [2.45, 2.75) is 20.4 Å². The summed E-state index contributed by atoms with van der Waals surface area (Å²) in [6.45, 7) is 6.39. The van der Waals surface area contributed by atoms with Crippen LogP contribution in [0.3, 0.4) is 0 Å². The molecular formula is C18H22N8. The molecule has 0 atom stereocenters. The SMILES string of the molecule is CCN(CC)c1nc(NCc2ccccc2)nc(Nc2cnccn2)n1. The number of hydrogen-bond donors (Lipinski definition) is 2. The van der Waals surface area contributed by atoms with E-state index >= 15 is 0 Å². The molecule has 0 aliphatic rings. The van der Waals surface area contributed by atoms with Crippen molar-refractivity contribution in [1.29, 1.82) is 0 Å². The van der Waals surface area contributed by atoms with E-state index in [4.69, 9.17) is 0 Å². The highest BCUT2D eigenvalue weighted by Gasteiger charge is 2.12. The summed E-state index contributed by atoms with van der Waals surface area (Å²) in [4.78, 5) is 23.8. The van der Waals surface area contributed by atoms with E-state index in [1.54, 1.807) is 18.6 Å². The summed E-state index contributed by atoms with van der Waals surface area (Å²) in [7, 11) is 0. The van der Waals surface area contributed by atoms with Gasteiger partial charge >= 0.3 is 0 Å². The molecule has 0 aliphatic heterocycles. The van der Waals surface area contributed by atoms with Crippen LogP contribution >= 0.6 is 0 Å². The molecule has 3 rings (SSSR count). The second kappa shape index (κ2) is 8.70. The number of nitrogens with one attached hydrogen (secondary N) is 2. The lowest BCUT2D eigenvalue weighted by molar-refractivity contribution is 0.813. The number of hydrogen-bond acceptors (Lipinski definition) is 8. The molecule has 3 aromatic rings. The molecule has 0 fully saturated rings. The number of nitrogens with zero attached hydrogens (tertiary/aromatic N) is 6.